The lowest BCUT2D eigenvalue weighted by molar-refractivity contribution is 1.43. The fourth-order valence-corrected chi connectivity index (χ4v) is 0.0722. The van der Waals surface area contributed by atoms with Crippen LogP contribution >= 0.6 is 0 Å². The highest BCUT2D eigenvalue weighted by Gasteiger charge is 1.53. The van der Waals surface area contributed by atoms with Crippen LogP contribution in [-0.2, 0) is 0 Å². The smallest absolute Gasteiger partial charge is 0.0334 e. The molecule has 0 bridgehead atoms. The molecule has 0 heterocycles. The summed E-state index contributed by atoms with van der Waals surface area (Å²) in [4.78, 5) is 0. The van der Waals surface area contributed by atoms with Crippen LogP contribution in [0.25, 0.3) is 0 Å². The molecule has 1 radical (unpaired) electrons. The topological polar surface area (TPSA) is 0 Å². The monoisotopic (exact) mass is 65.0 g/mol. The van der Waals surface area contributed by atoms with Gasteiger partial charge in [0.1, 0.15) is 0 Å². The minimum Gasteiger partial charge on any atom is -0.120 e. The Hall–Kier alpha value is -0.700. The van der Waals surface area contributed by atoms with Crippen molar-refractivity contribution >= 4 is 0 Å². The molecular formula is C5H5. The van der Waals surface area contributed by atoms with E-state index < -0.39 is 0 Å². The normalized spacial score (nSPS) is 5.40. The molecule has 0 N–H and O–H groups in total. The maximum Gasteiger partial charge on any atom is 0.0334 e. The van der Waals surface area contributed by atoms with Crippen LogP contribution in [-0.4, -0.2) is 0 Å². The van der Waals surface area contributed by atoms with E-state index in [9.17, 15) is 0 Å². The molecule has 0 aliphatic carbocycles. The van der Waals surface area contributed by atoms with Crippen molar-refractivity contribution in [3.8, 4) is 12.3 Å². The Kier molecular flexibility index (Phi) is 2.84. The summed E-state index contributed by atoms with van der Waals surface area (Å²) in [6, 6.07) is 0. The minimum atomic E-state index is 0.556. The first-order valence-corrected chi connectivity index (χ1v) is 1.35. The predicted molar refractivity (Wildman–Crippen MR) is 22.3 cm³/mol. The van der Waals surface area contributed by atoms with Crippen molar-refractivity contribution in [3.63, 3.8) is 0 Å². The van der Waals surface area contributed by atoms with Gasteiger partial charge in [0.05, 0.1) is 0 Å². The van der Waals surface area contributed by atoms with Gasteiger partial charge in [0.25, 0.3) is 0 Å². The highest BCUT2D eigenvalue weighted by Crippen LogP contribution is 1.65. The molecular weight excluding hydrogens is 60.1 g/mol. The summed E-state index contributed by atoms with van der Waals surface area (Å²) < 4.78 is 0. The van der Waals surface area contributed by atoms with Gasteiger partial charge in [-0.15, -0.1) is 12.3 Å². The van der Waals surface area contributed by atoms with Crippen LogP contribution in [0.3, 0.4) is 0 Å². The highest BCUT2D eigenvalue weighted by molar-refractivity contribution is 4.87. The second-order valence-corrected chi connectivity index (χ2v) is 0.631. The first-order valence-electron chi connectivity index (χ1n) is 1.35. The van der Waals surface area contributed by atoms with Crippen LogP contribution in [0.4, 0.5) is 0 Å². The summed E-state index contributed by atoms with van der Waals surface area (Å²) in [5.74, 6) is 2.34. The van der Waals surface area contributed by atoms with Crippen LogP contribution in [0.15, 0.2) is 6.58 Å². The fourth-order valence-electron chi connectivity index (χ4n) is 0.0722. The van der Waals surface area contributed by atoms with Crippen molar-refractivity contribution in [1.82, 2.24) is 0 Å². The first kappa shape index (κ1) is 4.30. The average Bonchev–Trinajstić information content (AvgIpc) is 1.41. The molecule has 25 valence electrons. The molecule has 0 saturated heterocycles. The molecule has 0 nitrogen and oxygen atoms in total. The van der Waals surface area contributed by atoms with E-state index in [-0.39, 0.29) is 0 Å². The SMILES string of the molecule is C#CC[C]=C. The lowest BCUT2D eigenvalue weighted by atomic mass is 10.5. The Morgan fingerprint density at radius 2 is 2.40 bits per heavy atom. The van der Waals surface area contributed by atoms with E-state index in [2.05, 4.69) is 18.6 Å². The van der Waals surface area contributed by atoms with E-state index >= 15 is 0 Å². The Labute approximate surface area is 32.5 Å². The molecule has 0 aromatic carbocycles. The zero-order valence-corrected chi connectivity index (χ0v) is 2.99. The number of terminal acetylenes is 1. The third-order valence-electron chi connectivity index (χ3n) is 0.227. The molecule has 0 aromatic heterocycles. The molecule has 0 heteroatoms. The maximum absolute atomic E-state index is 4.79. The molecule has 0 spiro atoms. The maximum atomic E-state index is 4.79. The molecule has 0 saturated carbocycles. The molecule has 5 heavy (non-hydrogen) atoms. The van der Waals surface area contributed by atoms with Crippen molar-refractivity contribution in [2.24, 2.45) is 0 Å². The van der Waals surface area contributed by atoms with E-state index in [0.29, 0.717) is 6.42 Å². The van der Waals surface area contributed by atoms with Gasteiger partial charge in [-0.25, -0.2) is 0 Å². The Bertz CT molecular complexity index is 54.9. The van der Waals surface area contributed by atoms with Crippen LogP contribution in [0.5, 0.6) is 0 Å². The highest BCUT2D eigenvalue weighted by atomic mass is 13.6. The third-order valence-corrected chi connectivity index (χ3v) is 0.227. The van der Waals surface area contributed by atoms with Crippen molar-refractivity contribution in [1.29, 1.82) is 0 Å². The Morgan fingerprint density at radius 3 is 2.40 bits per heavy atom. The first-order chi connectivity index (χ1) is 2.41. The average molecular weight is 65.1 g/mol. The molecule has 0 aliphatic rings. The van der Waals surface area contributed by atoms with Gasteiger partial charge >= 0.3 is 0 Å². The van der Waals surface area contributed by atoms with E-state index in [1.807, 2.05) is 0 Å². The van der Waals surface area contributed by atoms with E-state index in [0.717, 1.165) is 0 Å². The molecule has 0 atom stereocenters. The standard InChI is InChI=1S/C5H5/c1-3-5-4-2/h1H,2,5H2. The van der Waals surface area contributed by atoms with Crippen LogP contribution < -0.4 is 0 Å². The quantitative estimate of drug-likeness (QED) is 0.400. The predicted octanol–water partition coefficient (Wildman–Crippen LogP) is 0.999. The number of rotatable bonds is 1. The van der Waals surface area contributed by atoms with Gasteiger partial charge in [0, 0.05) is 6.42 Å². The molecule has 0 aromatic rings. The number of allylic oxidation sites excluding steroid dienone is 1. The Balaban J connectivity index is 2.75. The van der Waals surface area contributed by atoms with Crippen molar-refractivity contribution in [2.45, 2.75) is 6.42 Å². The second-order valence-electron chi connectivity index (χ2n) is 0.631. The van der Waals surface area contributed by atoms with E-state index in [4.69, 9.17) is 6.42 Å². The molecule has 0 aliphatic heterocycles. The zero-order chi connectivity index (χ0) is 4.12. The number of hydrogen-bond donors (Lipinski definition) is 0. The third kappa shape index (κ3) is 3.30. The van der Waals surface area contributed by atoms with Gasteiger partial charge in [-0.05, 0) is 6.08 Å². The summed E-state index contributed by atoms with van der Waals surface area (Å²) in [7, 11) is 0. The molecule has 0 fully saturated rings. The molecule has 0 unspecified atom stereocenters. The lowest BCUT2D eigenvalue weighted by Gasteiger charge is -1.59. The minimum absolute atomic E-state index is 0.556. The van der Waals surface area contributed by atoms with Gasteiger partial charge in [-0.1, -0.05) is 6.58 Å². The van der Waals surface area contributed by atoms with Crippen LogP contribution in [0.1, 0.15) is 6.42 Å². The van der Waals surface area contributed by atoms with Crippen molar-refractivity contribution < 1.29 is 0 Å². The zero-order valence-electron chi connectivity index (χ0n) is 2.99. The van der Waals surface area contributed by atoms with Gasteiger partial charge < -0.3 is 0 Å². The molecule has 0 rings (SSSR count). The Morgan fingerprint density at radius 1 is 1.80 bits per heavy atom. The van der Waals surface area contributed by atoms with E-state index in [1.165, 1.54) is 0 Å². The summed E-state index contributed by atoms with van der Waals surface area (Å²) in [5, 5.41) is 0. The van der Waals surface area contributed by atoms with Crippen molar-refractivity contribution in [2.75, 3.05) is 0 Å². The summed E-state index contributed by atoms with van der Waals surface area (Å²) >= 11 is 0. The van der Waals surface area contributed by atoms with Crippen LogP contribution in [0, 0.1) is 18.4 Å². The number of hydrogen-bond acceptors (Lipinski definition) is 0. The summed E-state index contributed by atoms with van der Waals surface area (Å²) in [6.07, 6.45) is 7.87. The lowest BCUT2D eigenvalue weighted by Crippen LogP contribution is -1.47. The van der Waals surface area contributed by atoms with Gasteiger partial charge in [0.15, 0.2) is 0 Å². The van der Waals surface area contributed by atoms with Gasteiger partial charge in [0.2, 0.25) is 0 Å². The van der Waals surface area contributed by atoms with E-state index in [1.54, 1.807) is 0 Å². The van der Waals surface area contributed by atoms with Crippen LogP contribution in [0.2, 0.25) is 0 Å². The van der Waals surface area contributed by atoms with Gasteiger partial charge in [-0.3, -0.25) is 0 Å². The van der Waals surface area contributed by atoms with Gasteiger partial charge in [-0.2, -0.15) is 0 Å². The fraction of sp³-hybridized carbons (Fsp3) is 0.200. The summed E-state index contributed by atoms with van der Waals surface area (Å²) in [6.45, 7) is 3.28. The summed E-state index contributed by atoms with van der Waals surface area (Å²) in [5.41, 5.74) is 0. The largest absolute Gasteiger partial charge is 0.120 e. The second kappa shape index (κ2) is 3.30. The van der Waals surface area contributed by atoms with Crippen molar-refractivity contribution in [3.05, 3.63) is 12.7 Å². The molecule has 0 amide bonds.